The normalized spacial score (nSPS) is 13.4. The quantitative estimate of drug-likeness (QED) is 0.0715. The first-order valence-electron chi connectivity index (χ1n) is 19.6. The minimum atomic E-state index is -6.13. The number of alkyl halides is 24. The number of ether oxygens (including phenoxy) is 1. The highest BCUT2D eigenvalue weighted by Gasteiger charge is 2.47. The highest BCUT2D eigenvalue weighted by Crippen LogP contribution is 2.41. The van der Waals surface area contributed by atoms with Crippen LogP contribution in [0.3, 0.4) is 0 Å². The maximum Gasteiger partial charge on any atom is 0.416 e. The first-order valence-corrected chi connectivity index (χ1v) is 19.6. The first-order chi connectivity index (χ1) is 33.1. The number of aromatic nitrogens is 2. The molecule has 0 atom stereocenters. The van der Waals surface area contributed by atoms with Crippen molar-refractivity contribution in [3.05, 3.63) is 172 Å². The van der Waals surface area contributed by atoms with Crippen molar-refractivity contribution in [1.29, 1.82) is 0 Å². The topological polar surface area (TPSA) is 46.2 Å². The number of nitrogens with zero attached hydrogens (tertiary/aromatic N) is 2. The molecule has 1 N–H and O–H groups in total. The summed E-state index contributed by atoms with van der Waals surface area (Å²) in [6.45, 7) is 0.396. The molecule has 6 aromatic rings. The van der Waals surface area contributed by atoms with Crippen LogP contribution in [0.1, 0.15) is 50.1 Å². The van der Waals surface area contributed by atoms with E-state index in [0.717, 1.165) is 6.54 Å². The second kappa shape index (κ2) is 20.0. The molecular formula is C44H25BF24N2O2. The van der Waals surface area contributed by atoms with Crippen LogP contribution in [0.5, 0.6) is 5.88 Å². The summed E-state index contributed by atoms with van der Waals surface area (Å²) in [5.41, 5.74) is -29.0. The summed E-state index contributed by atoms with van der Waals surface area (Å²) in [6.07, 6.45) is -49.5. The molecule has 6 rings (SSSR count). The Kier molecular flexibility index (Phi) is 15.7. The molecule has 29 heteroatoms. The van der Waals surface area contributed by atoms with Crippen molar-refractivity contribution < 1.29 is 120 Å². The third-order valence-corrected chi connectivity index (χ3v) is 10.6. The summed E-state index contributed by atoms with van der Waals surface area (Å²) in [4.78, 5) is 3.97. The van der Waals surface area contributed by atoms with Crippen molar-refractivity contribution in [2.75, 3.05) is 6.79 Å². The third kappa shape index (κ3) is 13.7. The van der Waals surface area contributed by atoms with E-state index in [-0.39, 0.29) is 6.79 Å². The van der Waals surface area contributed by atoms with Gasteiger partial charge in [-0.05, 0) is 24.3 Å². The summed E-state index contributed by atoms with van der Waals surface area (Å²) >= 11 is 0. The Morgan fingerprint density at radius 1 is 0.397 bits per heavy atom. The number of aliphatic hydroxyl groups is 1. The molecule has 0 unspecified atom stereocenters. The Morgan fingerprint density at radius 2 is 0.658 bits per heavy atom. The summed E-state index contributed by atoms with van der Waals surface area (Å²) < 4.78 is 348. The average molecular weight is 1080 g/mol. The summed E-state index contributed by atoms with van der Waals surface area (Å²) in [5.74, 6) is 0.418. The van der Waals surface area contributed by atoms with Crippen LogP contribution in [0.4, 0.5) is 105 Å². The zero-order valence-electron chi connectivity index (χ0n) is 35.4. The Bertz CT molecular complexity index is 2460. The van der Waals surface area contributed by atoms with E-state index < -0.39 is 195 Å². The molecule has 0 spiro atoms. The second-order valence-corrected chi connectivity index (χ2v) is 15.5. The van der Waals surface area contributed by atoms with Crippen LogP contribution in [-0.4, -0.2) is 23.0 Å². The standard InChI is InChI=1S/C32H12BF24.C12H13N2O2/c34-25(35,36)13-1-14(26(37,38)39)6-21(5-13)33(22-7-15(27(40,41)42)2-16(8-22)28(43,44)45,23-9-17(29(46,47)48)3-18(10-23)30(49,50)51)24-11-19(31(52,53)54)4-20(12-24)32(55,56)57;15-10-16-12-9-14(7-6-13-12)8-11-4-2-1-3-5-11/h1-12H;1-7,9,15H,8,10H2/q-1;+1. The molecule has 0 saturated heterocycles. The lowest BCUT2D eigenvalue weighted by Gasteiger charge is -2.46. The van der Waals surface area contributed by atoms with Gasteiger partial charge in [-0.2, -0.15) is 132 Å². The van der Waals surface area contributed by atoms with E-state index in [2.05, 4.69) is 17.1 Å². The van der Waals surface area contributed by atoms with Crippen molar-refractivity contribution in [3.8, 4) is 5.88 Å². The Labute approximate surface area is 393 Å². The van der Waals surface area contributed by atoms with Gasteiger partial charge in [-0.3, -0.25) is 0 Å². The van der Waals surface area contributed by atoms with Crippen LogP contribution in [-0.2, 0) is 56.0 Å². The second-order valence-electron chi connectivity index (χ2n) is 15.5. The maximum atomic E-state index is 14.2. The molecule has 0 bridgehead atoms. The van der Waals surface area contributed by atoms with Gasteiger partial charge in [-0.15, -0.1) is 0 Å². The fourth-order valence-electron chi connectivity index (χ4n) is 7.51. The van der Waals surface area contributed by atoms with Crippen LogP contribution in [0.25, 0.3) is 0 Å². The van der Waals surface area contributed by atoms with Gasteiger partial charge in [0.15, 0.2) is 19.5 Å². The summed E-state index contributed by atoms with van der Waals surface area (Å²) in [6, 6.07) is 1.29. The predicted octanol–water partition coefficient (Wildman–Crippen LogP) is 12.0. The monoisotopic (exact) mass is 1080 g/mol. The van der Waals surface area contributed by atoms with Crippen molar-refractivity contribution in [2.24, 2.45) is 0 Å². The fraction of sp³-hybridized carbons (Fsp3) is 0.227. The van der Waals surface area contributed by atoms with Gasteiger partial charge in [0.05, 0.1) is 50.7 Å². The van der Waals surface area contributed by atoms with Gasteiger partial charge in [-0.25, -0.2) is 4.98 Å². The number of halogens is 24. The zero-order chi connectivity index (χ0) is 55.1. The van der Waals surface area contributed by atoms with Gasteiger partial charge in [0.2, 0.25) is 6.20 Å². The van der Waals surface area contributed by atoms with Gasteiger partial charge in [0.1, 0.15) is 6.15 Å². The van der Waals surface area contributed by atoms with E-state index in [4.69, 9.17) is 9.84 Å². The molecular weight excluding hydrogens is 1060 g/mol. The Hall–Kier alpha value is -6.68. The van der Waals surface area contributed by atoms with Crippen LogP contribution in [0.2, 0.25) is 0 Å². The summed E-state index contributed by atoms with van der Waals surface area (Å²) in [7, 11) is 0. The van der Waals surface area contributed by atoms with Gasteiger partial charge in [0, 0.05) is 5.56 Å². The van der Waals surface area contributed by atoms with E-state index in [9.17, 15) is 105 Å². The third-order valence-electron chi connectivity index (χ3n) is 10.6. The highest BCUT2D eigenvalue weighted by molar-refractivity contribution is 7.20. The zero-order valence-corrected chi connectivity index (χ0v) is 35.4. The number of aliphatic hydroxyl groups excluding tert-OH is 1. The van der Waals surface area contributed by atoms with Gasteiger partial charge in [-0.1, -0.05) is 78.9 Å². The SMILES string of the molecule is FC(F)(F)c1cc([B-](c2cc(C(F)(F)F)cc(C(F)(F)F)c2)(c2cc(C(F)(F)F)cc(C(F)(F)F)c2)c2cc(C(F)(F)F)cc(C(F)(F)F)c2)cc(C(F)(F)F)c1.OCOc1c[n+](Cc2ccccc2)ccn1. The lowest BCUT2D eigenvalue weighted by atomic mass is 9.12. The van der Waals surface area contributed by atoms with Crippen molar-refractivity contribution in [1.82, 2.24) is 4.98 Å². The van der Waals surface area contributed by atoms with Crippen LogP contribution < -0.4 is 31.2 Å². The molecule has 1 heterocycles. The van der Waals surface area contributed by atoms with E-state index >= 15 is 0 Å². The Morgan fingerprint density at radius 3 is 0.890 bits per heavy atom. The lowest BCUT2D eigenvalue weighted by molar-refractivity contribution is -0.689. The van der Waals surface area contributed by atoms with E-state index in [1.165, 1.54) is 5.56 Å². The molecule has 5 aromatic carbocycles. The lowest BCUT2D eigenvalue weighted by Crippen LogP contribution is -2.75. The molecule has 1 aromatic heterocycles. The van der Waals surface area contributed by atoms with Crippen LogP contribution >= 0.6 is 0 Å². The van der Waals surface area contributed by atoms with Gasteiger partial charge < -0.3 is 9.84 Å². The molecule has 73 heavy (non-hydrogen) atoms. The number of hydrogen-bond donors (Lipinski definition) is 1. The molecule has 394 valence electrons. The van der Waals surface area contributed by atoms with E-state index in [1.807, 2.05) is 29.0 Å². The van der Waals surface area contributed by atoms with Crippen molar-refractivity contribution in [2.45, 2.75) is 56.0 Å². The van der Waals surface area contributed by atoms with Crippen molar-refractivity contribution >= 4 is 28.0 Å². The molecule has 0 saturated carbocycles. The molecule has 4 nitrogen and oxygen atoms in total. The molecule has 0 aliphatic heterocycles. The number of benzene rings is 5. The van der Waals surface area contributed by atoms with E-state index in [1.54, 1.807) is 12.4 Å². The molecule has 0 radical (unpaired) electrons. The Balaban J connectivity index is 0.000000520. The van der Waals surface area contributed by atoms with Crippen LogP contribution in [0, 0.1) is 0 Å². The fourth-order valence-corrected chi connectivity index (χ4v) is 7.51. The number of rotatable bonds is 8. The molecule has 0 amide bonds. The predicted molar refractivity (Wildman–Crippen MR) is 208 cm³/mol. The summed E-state index contributed by atoms with van der Waals surface area (Å²) in [5, 5.41) is 8.63. The number of hydrogen-bond acceptors (Lipinski definition) is 3. The average Bonchev–Trinajstić information content (AvgIpc) is 3.25. The smallest absolute Gasteiger partial charge is 0.416 e. The molecule has 0 aliphatic rings. The van der Waals surface area contributed by atoms with Crippen molar-refractivity contribution in [3.63, 3.8) is 0 Å². The minimum absolute atomic E-state index is 0.359. The maximum absolute atomic E-state index is 14.2. The van der Waals surface area contributed by atoms with Gasteiger partial charge in [0.25, 0.3) is 5.88 Å². The molecule has 0 aliphatic carbocycles. The molecule has 0 fully saturated rings. The van der Waals surface area contributed by atoms with Crippen LogP contribution in [0.15, 0.2) is 122 Å². The minimum Gasteiger partial charge on any atom is -0.446 e. The van der Waals surface area contributed by atoms with E-state index in [0.29, 0.717) is 5.88 Å². The highest BCUT2D eigenvalue weighted by atomic mass is 19.4. The first kappa shape index (κ1) is 57.2. The largest absolute Gasteiger partial charge is 0.446 e. The van der Waals surface area contributed by atoms with Gasteiger partial charge >= 0.3 is 49.4 Å².